The topological polar surface area (TPSA) is 60.7 Å². The van der Waals surface area contributed by atoms with Crippen LogP contribution in [0.15, 0.2) is 21.7 Å². The van der Waals surface area contributed by atoms with Crippen LogP contribution in [0.1, 0.15) is 17.1 Å². The van der Waals surface area contributed by atoms with Gasteiger partial charge in [0.2, 0.25) is 0 Å². The van der Waals surface area contributed by atoms with Gasteiger partial charge in [-0.2, -0.15) is 4.98 Å². The lowest BCUT2D eigenvalue weighted by molar-refractivity contribution is 0.673. The van der Waals surface area contributed by atoms with E-state index in [2.05, 4.69) is 30.9 Å². The Labute approximate surface area is 117 Å². The molecule has 0 aliphatic rings. The molecule has 0 bridgehead atoms. The van der Waals surface area contributed by atoms with Gasteiger partial charge >= 0.3 is 5.69 Å². The normalized spacial score (nSPS) is 10.7. The van der Waals surface area contributed by atoms with Crippen molar-refractivity contribution in [1.82, 2.24) is 19.5 Å². The molecule has 18 heavy (non-hydrogen) atoms. The average Bonchev–Trinajstić information content (AvgIpc) is 2.34. The van der Waals surface area contributed by atoms with Crippen molar-refractivity contribution in [1.29, 1.82) is 0 Å². The van der Waals surface area contributed by atoms with Crippen molar-refractivity contribution in [3.8, 4) is 0 Å². The SMILES string of the molecule is Cc1nc(=O)n(Cc2cnc(Cl)cn2)c(C)c1Br. The Bertz CT molecular complexity index is 639. The molecule has 5 nitrogen and oxygen atoms in total. The molecule has 94 valence electrons. The Morgan fingerprint density at radius 2 is 2.06 bits per heavy atom. The molecule has 0 spiro atoms. The highest BCUT2D eigenvalue weighted by Gasteiger charge is 2.10. The zero-order valence-corrected chi connectivity index (χ0v) is 12.2. The van der Waals surface area contributed by atoms with E-state index < -0.39 is 0 Å². The number of hydrogen-bond donors (Lipinski definition) is 0. The van der Waals surface area contributed by atoms with Gasteiger partial charge in [0.25, 0.3) is 0 Å². The average molecular weight is 330 g/mol. The lowest BCUT2D eigenvalue weighted by Gasteiger charge is -2.11. The highest BCUT2D eigenvalue weighted by atomic mass is 79.9. The number of aryl methyl sites for hydroxylation is 1. The van der Waals surface area contributed by atoms with Gasteiger partial charge in [0.15, 0.2) is 0 Å². The van der Waals surface area contributed by atoms with E-state index in [4.69, 9.17) is 11.6 Å². The number of halogens is 2. The molecule has 0 N–H and O–H groups in total. The lowest BCUT2D eigenvalue weighted by Crippen LogP contribution is -2.27. The third-order valence-electron chi connectivity index (χ3n) is 2.53. The van der Waals surface area contributed by atoms with E-state index in [0.717, 1.165) is 10.2 Å². The predicted octanol–water partition coefficient (Wildman–Crippen LogP) is 2.11. The summed E-state index contributed by atoms with van der Waals surface area (Å²) in [5.41, 5.74) is 1.84. The first-order valence-electron chi connectivity index (χ1n) is 5.19. The van der Waals surface area contributed by atoms with Crippen molar-refractivity contribution in [2.75, 3.05) is 0 Å². The molecule has 0 unspecified atom stereocenters. The van der Waals surface area contributed by atoms with Crippen molar-refractivity contribution in [2.24, 2.45) is 0 Å². The van der Waals surface area contributed by atoms with Gasteiger partial charge in [-0.3, -0.25) is 9.55 Å². The van der Waals surface area contributed by atoms with Gasteiger partial charge in [0.1, 0.15) is 5.15 Å². The summed E-state index contributed by atoms with van der Waals surface area (Å²) in [6, 6.07) is 0. The fourth-order valence-electron chi connectivity index (χ4n) is 1.55. The highest BCUT2D eigenvalue weighted by molar-refractivity contribution is 9.10. The molecule has 2 heterocycles. The van der Waals surface area contributed by atoms with Crippen LogP contribution in [0, 0.1) is 13.8 Å². The fraction of sp³-hybridized carbons (Fsp3) is 0.273. The summed E-state index contributed by atoms with van der Waals surface area (Å²) in [6.45, 7) is 3.95. The standard InChI is InChI=1S/C11H10BrClN4O/c1-6-10(12)7(2)17(11(18)16-6)5-8-3-15-9(13)4-14-8/h3-4H,5H2,1-2H3. The Morgan fingerprint density at radius 1 is 1.33 bits per heavy atom. The van der Waals surface area contributed by atoms with Crippen LogP contribution in [0.2, 0.25) is 5.15 Å². The first-order chi connectivity index (χ1) is 8.49. The summed E-state index contributed by atoms with van der Waals surface area (Å²) in [6.07, 6.45) is 3.00. The molecule has 2 aromatic rings. The third kappa shape index (κ3) is 2.59. The molecule has 0 aromatic carbocycles. The van der Waals surface area contributed by atoms with Crippen LogP contribution in [0.3, 0.4) is 0 Å². The number of hydrogen-bond acceptors (Lipinski definition) is 4. The van der Waals surface area contributed by atoms with E-state index in [1.165, 1.54) is 10.8 Å². The van der Waals surface area contributed by atoms with E-state index >= 15 is 0 Å². The third-order valence-corrected chi connectivity index (χ3v) is 3.87. The minimum Gasteiger partial charge on any atom is -0.289 e. The molecule has 0 saturated carbocycles. The first-order valence-corrected chi connectivity index (χ1v) is 6.36. The van der Waals surface area contributed by atoms with Crippen molar-refractivity contribution >= 4 is 27.5 Å². The van der Waals surface area contributed by atoms with Gasteiger partial charge in [-0.25, -0.2) is 9.78 Å². The Morgan fingerprint density at radius 3 is 2.67 bits per heavy atom. The van der Waals surface area contributed by atoms with E-state index in [0.29, 0.717) is 23.1 Å². The maximum atomic E-state index is 11.8. The number of rotatable bonds is 2. The summed E-state index contributed by atoms with van der Waals surface area (Å²) in [4.78, 5) is 23.8. The summed E-state index contributed by atoms with van der Waals surface area (Å²) in [7, 11) is 0. The second-order valence-corrected chi connectivity index (χ2v) is 4.98. The van der Waals surface area contributed by atoms with Crippen LogP contribution in [0.5, 0.6) is 0 Å². The Hall–Kier alpha value is -1.27. The minimum absolute atomic E-state index is 0.301. The molecule has 7 heteroatoms. The second kappa shape index (κ2) is 5.16. The molecule has 0 atom stereocenters. The molecule has 0 aliphatic heterocycles. The molecule has 2 rings (SSSR count). The molecule has 2 aromatic heterocycles. The lowest BCUT2D eigenvalue weighted by atomic mass is 10.3. The zero-order chi connectivity index (χ0) is 13.3. The minimum atomic E-state index is -0.301. The van der Waals surface area contributed by atoms with E-state index in [1.54, 1.807) is 13.1 Å². The van der Waals surface area contributed by atoms with Crippen LogP contribution in [-0.4, -0.2) is 19.5 Å². The van der Waals surface area contributed by atoms with Gasteiger partial charge in [-0.05, 0) is 29.8 Å². The summed E-state index contributed by atoms with van der Waals surface area (Å²) in [5, 5.41) is 0.325. The molecule has 0 radical (unpaired) electrons. The molecule has 0 fully saturated rings. The Kier molecular flexibility index (Phi) is 3.77. The molecular formula is C11H10BrClN4O. The first kappa shape index (κ1) is 13.2. The smallest absolute Gasteiger partial charge is 0.289 e. The fourth-order valence-corrected chi connectivity index (χ4v) is 1.95. The summed E-state index contributed by atoms with van der Waals surface area (Å²) in [5.74, 6) is 0. The quantitative estimate of drug-likeness (QED) is 0.846. The maximum Gasteiger partial charge on any atom is 0.348 e. The molecule has 0 saturated heterocycles. The van der Waals surface area contributed by atoms with Gasteiger partial charge in [-0.15, -0.1) is 0 Å². The van der Waals surface area contributed by atoms with Crippen molar-refractivity contribution in [3.05, 3.63) is 49.6 Å². The second-order valence-electron chi connectivity index (χ2n) is 3.80. The molecule has 0 amide bonds. The monoisotopic (exact) mass is 328 g/mol. The van der Waals surface area contributed by atoms with Crippen molar-refractivity contribution in [2.45, 2.75) is 20.4 Å². The number of nitrogens with zero attached hydrogens (tertiary/aromatic N) is 4. The summed E-state index contributed by atoms with van der Waals surface area (Å²) < 4.78 is 2.36. The summed E-state index contributed by atoms with van der Waals surface area (Å²) >= 11 is 9.07. The van der Waals surface area contributed by atoms with Crippen LogP contribution in [0.25, 0.3) is 0 Å². The van der Waals surface area contributed by atoms with Crippen LogP contribution in [-0.2, 0) is 6.54 Å². The predicted molar refractivity (Wildman–Crippen MR) is 71.8 cm³/mol. The van der Waals surface area contributed by atoms with Gasteiger partial charge < -0.3 is 0 Å². The van der Waals surface area contributed by atoms with E-state index in [1.807, 2.05) is 6.92 Å². The van der Waals surface area contributed by atoms with Gasteiger partial charge in [0, 0.05) is 5.69 Å². The van der Waals surface area contributed by atoms with E-state index in [9.17, 15) is 4.79 Å². The number of aromatic nitrogens is 4. The van der Waals surface area contributed by atoms with E-state index in [-0.39, 0.29) is 5.69 Å². The highest BCUT2D eigenvalue weighted by Crippen LogP contribution is 2.17. The van der Waals surface area contributed by atoms with Crippen molar-refractivity contribution < 1.29 is 0 Å². The van der Waals surface area contributed by atoms with Crippen LogP contribution in [0.4, 0.5) is 0 Å². The van der Waals surface area contributed by atoms with Gasteiger partial charge in [-0.1, -0.05) is 11.6 Å². The maximum absolute atomic E-state index is 11.8. The van der Waals surface area contributed by atoms with Crippen LogP contribution < -0.4 is 5.69 Å². The van der Waals surface area contributed by atoms with Crippen molar-refractivity contribution in [3.63, 3.8) is 0 Å². The molecule has 0 aliphatic carbocycles. The molecular weight excluding hydrogens is 320 g/mol. The Balaban J connectivity index is 2.44. The van der Waals surface area contributed by atoms with Gasteiger partial charge in [0.05, 0.1) is 34.8 Å². The zero-order valence-electron chi connectivity index (χ0n) is 9.81. The van der Waals surface area contributed by atoms with Crippen LogP contribution >= 0.6 is 27.5 Å². The largest absolute Gasteiger partial charge is 0.348 e.